The lowest BCUT2D eigenvalue weighted by molar-refractivity contribution is -0.137. The number of nitrogens with one attached hydrogen (secondary N) is 2. The highest BCUT2D eigenvalue weighted by Crippen LogP contribution is 2.47. The summed E-state index contributed by atoms with van der Waals surface area (Å²) >= 11 is 5.94. The fourth-order valence-electron chi connectivity index (χ4n) is 4.89. The number of benzene rings is 1. The Morgan fingerprint density at radius 2 is 1.80 bits per heavy atom. The summed E-state index contributed by atoms with van der Waals surface area (Å²) in [6.45, 7) is 0. The van der Waals surface area contributed by atoms with Gasteiger partial charge in [-0.05, 0) is 68.6 Å². The molecule has 0 radical (unpaired) electrons. The Hall–Kier alpha value is -2.08. The number of amides is 2. The molecule has 2 amide bonds. The second-order valence-corrected chi connectivity index (χ2v) is 9.25. The third kappa shape index (κ3) is 6.21. The molecule has 2 fully saturated rings. The van der Waals surface area contributed by atoms with E-state index in [-0.39, 0.29) is 24.8 Å². The van der Waals surface area contributed by atoms with Gasteiger partial charge in [0.1, 0.15) is 6.04 Å². The number of rotatable bonds is 7. The van der Waals surface area contributed by atoms with Gasteiger partial charge in [-0.25, -0.2) is 0 Å². The van der Waals surface area contributed by atoms with Crippen LogP contribution in [-0.2, 0) is 9.59 Å². The van der Waals surface area contributed by atoms with Crippen molar-refractivity contribution >= 4 is 29.4 Å². The van der Waals surface area contributed by atoms with Crippen molar-refractivity contribution in [1.29, 1.82) is 0 Å². The van der Waals surface area contributed by atoms with Crippen LogP contribution in [0.1, 0.15) is 81.0 Å². The lowest BCUT2D eigenvalue weighted by Gasteiger charge is -2.43. The fraction of sp³-hybridized carbons (Fsp3) is 0.609. The summed E-state index contributed by atoms with van der Waals surface area (Å²) in [5, 5.41) is 15.2. The van der Waals surface area contributed by atoms with Crippen LogP contribution in [0.25, 0.3) is 0 Å². The number of halogens is 1. The number of carboxylic acids is 1. The zero-order valence-electron chi connectivity index (χ0n) is 17.3. The van der Waals surface area contributed by atoms with Gasteiger partial charge in [-0.3, -0.25) is 14.4 Å². The van der Waals surface area contributed by atoms with Crippen LogP contribution in [0.3, 0.4) is 0 Å². The van der Waals surface area contributed by atoms with Crippen LogP contribution in [-0.4, -0.2) is 35.0 Å². The van der Waals surface area contributed by atoms with Gasteiger partial charge in [0.05, 0.1) is 0 Å². The first-order valence-corrected chi connectivity index (χ1v) is 11.3. The molecule has 0 unspecified atom stereocenters. The van der Waals surface area contributed by atoms with E-state index in [1.807, 2.05) is 0 Å². The molecule has 7 heteroatoms. The van der Waals surface area contributed by atoms with Crippen molar-refractivity contribution in [1.82, 2.24) is 10.6 Å². The number of hydrogen-bond donors (Lipinski definition) is 3. The van der Waals surface area contributed by atoms with E-state index in [4.69, 9.17) is 16.7 Å². The Kier molecular flexibility index (Phi) is 7.75. The zero-order chi connectivity index (χ0) is 21.6. The third-order valence-corrected chi connectivity index (χ3v) is 6.90. The van der Waals surface area contributed by atoms with Crippen molar-refractivity contribution in [2.45, 2.75) is 82.7 Å². The van der Waals surface area contributed by atoms with Crippen molar-refractivity contribution < 1.29 is 19.5 Å². The van der Waals surface area contributed by atoms with E-state index in [1.54, 1.807) is 18.2 Å². The molecule has 6 nitrogen and oxygen atoms in total. The maximum Gasteiger partial charge on any atom is 0.303 e. The highest BCUT2D eigenvalue weighted by Gasteiger charge is 2.37. The number of carbonyl (C=O) groups excluding carboxylic acids is 2. The summed E-state index contributed by atoms with van der Waals surface area (Å²) in [5.74, 6) is -1.74. The van der Waals surface area contributed by atoms with Gasteiger partial charge >= 0.3 is 5.97 Å². The normalized spacial score (nSPS) is 19.8. The van der Waals surface area contributed by atoms with Gasteiger partial charge in [-0.2, -0.15) is 0 Å². The summed E-state index contributed by atoms with van der Waals surface area (Å²) < 4.78 is 0. The molecule has 1 atom stereocenters. The highest BCUT2D eigenvalue weighted by atomic mass is 35.5. The van der Waals surface area contributed by atoms with E-state index in [1.165, 1.54) is 38.2 Å². The Morgan fingerprint density at radius 1 is 1.10 bits per heavy atom. The zero-order valence-corrected chi connectivity index (χ0v) is 18.0. The van der Waals surface area contributed by atoms with Crippen LogP contribution in [0.4, 0.5) is 0 Å². The standard InChI is InChI=1S/C23H31ClN2O4/c24-17-6-4-5-16(15-17)21(29)26-19(7-8-20(27)28)22(30)25-18-9-13-23(14-10-18)11-2-1-3-12-23/h4-6,15,18-19H,1-3,7-14H2,(H,25,30)(H,26,29)(H,27,28)/t19-/m1/s1. The second kappa shape index (κ2) is 10.3. The molecule has 0 aliphatic heterocycles. The molecule has 1 aromatic rings. The van der Waals surface area contributed by atoms with E-state index < -0.39 is 17.9 Å². The van der Waals surface area contributed by atoms with E-state index in [9.17, 15) is 14.4 Å². The van der Waals surface area contributed by atoms with E-state index in [0.717, 1.165) is 25.7 Å². The topological polar surface area (TPSA) is 95.5 Å². The third-order valence-electron chi connectivity index (χ3n) is 6.66. The summed E-state index contributed by atoms with van der Waals surface area (Å²) in [5.41, 5.74) is 0.802. The molecule has 2 aliphatic carbocycles. The number of hydrogen-bond acceptors (Lipinski definition) is 3. The Bertz CT molecular complexity index is 766. The molecule has 0 heterocycles. The molecule has 164 valence electrons. The quantitative estimate of drug-likeness (QED) is 0.595. The summed E-state index contributed by atoms with van der Waals surface area (Å²) in [7, 11) is 0. The second-order valence-electron chi connectivity index (χ2n) is 8.81. The number of aliphatic carboxylic acids is 1. The maximum atomic E-state index is 12.9. The monoisotopic (exact) mass is 434 g/mol. The van der Waals surface area contributed by atoms with Crippen molar-refractivity contribution in [2.75, 3.05) is 0 Å². The smallest absolute Gasteiger partial charge is 0.303 e. The largest absolute Gasteiger partial charge is 0.481 e. The molecule has 1 spiro atoms. The minimum absolute atomic E-state index is 0.0458. The van der Waals surface area contributed by atoms with Gasteiger partial charge in [0.15, 0.2) is 0 Å². The molecule has 3 rings (SSSR count). The SMILES string of the molecule is O=C(O)CC[C@@H](NC(=O)c1cccc(Cl)c1)C(=O)NC1CCC2(CCCCC2)CC1. The first-order valence-electron chi connectivity index (χ1n) is 11.0. The van der Waals surface area contributed by atoms with Crippen LogP contribution in [0.5, 0.6) is 0 Å². The molecular formula is C23H31ClN2O4. The molecule has 30 heavy (non-hydrogen) atoms. The molecular weight excluding hydrogens is 404 g/mol. The van der Waals surface area contributed by atoms with Crippen LogP contribution in [0, 0.1) is 5.41 Å². The van der Waals surface area contributed by atoms with E-state index >= 15 is 0 Å². The maximum absolute atomic E-state index is 12.9. The average Bonchev–Trinajstić information content (AvgIpc) is 2.73. The van der Waals surface area contributed by atoms with Crippen molar-refractivity contribution in [2.24, 2.45) is 5.41 Å². The van der Waals surface area contributed by atoms with Crippen LogP contribution in [0.2, 0.25) is 5.02 Å². The lowest BCUT2D eigenvalue weighted by Crippen LogP contribution is -2.51. The number of carboxylic acid groups (broad SMARTS) is 1. The first-order chi connectivity index (χ1) is 14.4. The summed E-state index contributed by atoms with van der Waals surface area (Å²) in [4.78, 5) is 36.5. The minimum atomic E-state index is -0.998. The molecule has 2 aliphatic rings. The molecule has 0 bridgehead atoms. The molecule has 3 N–H and O–H groups in total. The van der Waals surface area contributed by atoms with Crippen molar-refractivity contribution in [3.8, 4) is 0 Å². The van der Waals surface area contributed by atoms with Gasteiger partial charge in [0.25, 0.3) is 5.91 Å². The number of carbonyl (C=O) groups is 3. The van der Waals surface area contributed by atoms with Crippen LogP contribution >= 0.6 is 11.6 Å². The summed E-state index contributed by atoms with van der Waals surface area (Å²) in [6.07, 6.45) is 10.5. The van der Waals surface area contributed by atoms with Gasteiger partial charge in [-0.1, -0.05) is 36.9 Å². The van der Waals surface area contributed by atoms with E-state index in [0.29, 0.717) is 16.0 Å². The molecule has 1 aromatic carbocycles. The highest BCUT2D eigenvalue weighted by molar-refractivity contribution is 6.31. The van der Waals surface area contributed by atoms with Gasteiger partial charge in [0.2, 0.25) is 5.91 Å². The Labute approximate surface area is 182 Å². The predicted octanol–water partition coefficient (Wildman–Crippen LogP) is 4.31. The Balaban J connectivity index is 1.58. The lowest BCUT2D eigenvalue weighted by atomic mass is 9.64. The van der Waals surface area contributed by atoms with Gasteiger partial charge < -0.3 is 15.7 Å². The summed E-state index contributed by atoms with van der Waals surface area (Å²) in [6, 6.07) is 5.65. The fourth-order valence-corrected chi connectivity index (χ4v) is 5.08. The predicted molar refractivity (Wildman–Crippen MR) is 115 cm³/mol. The Morgan fingerprint density at radius 3 is 2.43 bits per heavy atom. The molecule has 2 saturated carbocycles. The average molecular weight is 435 g/mol. The van der Waals surface area contributed by atoms with Gasteiger partial charge in [-0.15, -0.1) is 0 Å². The van der Waals surface area contributed by atoms with Crippen LogP contribution < -0.4 is 10.6 Å². The van der Waals surface area contributed by atoms with Gasteiger partial charge in [0, 0.05) is 23.0 Å². The van der Waals surface area contributed by atoms with Crippen LogP contribution in [0.15, 0.2) is 24.3 Å². The van der Waals surface area contributed by atoms with E-state index in [2.05, 4.69) is 10.6 Å². The first kappa shape index (κ1) is 22.6. The molecule has 0 saturated heterocycles. The molecule has 0 aromatic heterocycles. The van der Waals surface area contributed by atoms with Crippen molar-refractivity contribution in [3.05, 3.63) is 34.9 Å². The van der Waals surface area contributed by atoms with Crippen molar-refractivity contribution in [3.63, 3.8) is 0 Å². The minimum Gasteiger partial charge on any atom is -0.481 e.